The number of nitrogens with one attached hydrogen (secondary N) is 1. The van der Waals surface area contributed by atoms with Gasteiger partial charge in [0.1, 0.15) is 5.82 Å². The Morgan fingerprint density at radius 3 is 2.58 bits per heavy atom. The average Bonchev–Trinajstić information content (AvgIpc) is 2.67. The van der Waals surface area contributed by atoms with Gasteiger partial charge in [-0.1, -0.05) is 54.6 Å². The minimum atomic E-state index is 0.764. The summed E-state index contributed by atoms with van der Waals surface area (Å²) in [6.45, 7) is 2.59. The van der Waals surface area contributed by atoms with Gasteiger partial charge in [0, 0.05) is 25.8 Å². The standard InChI is InChI=1S/C20H20N4/c1-2-6-16(7-3-1)14-22-19-10-12-21-20(23-19)24-13-11-17-8-4-5-9-18(17)15-24/h1-10,12H,11,13-15H2,(H,21,22,23). The third kappa shape index (κ3) is 3.23. The van der Waals surface area contributed by atoms with Crippen molar-refractivity contribution in [3.63, 3.8) is 0 Å². The van der Waals surface area contributed by atoms with E-state index in [2.05, 4.69) is 56.6 Å². The molecule has 0 fully saturated rings. The summed E-state index contributed by atoms with van der Waals surface area (Å²) < 4.78 is 0. The van der Waals surface area contributed by atoms with Gasteiger partial charge in [-0.2, -0.15) is 4.98 Å². The molecule has 0 atom stereocenters. The fraction of sp³-hybridized carbons (Fsp3) is 0.200. The van der Waals surface area contributed by atoms with Crippen molar-refractivity contribution in [2.24, 2.45) is 0 Å². The van der Waals surface area contributed by atoms with Crippen molar-refractivity contribution in [2.75, 3.05) is 16.8 Å². The van der Waals surface area contributed by atoms with Crippen LogP contribution in [0.2, 0.25) is 0 Å². The first-order chi connectivity index (χ1) is 11.9. The Bertz CT molecular complexity index is 817. The molecule has 4 heteroatoms. The number of nitrogens with zero attached hydrogens (tertiary/aromatic N) is 3. The van der Waals surface area contributed by atoms with Gasteiger partial charge < -0.3 is 10.2 Å². The van der Waals surface area contributed by atoms with Crippen LogP contribution in [0.1, 0.15) is 16.7 Å². The van der Waals surface area contributed by atoms with Crippen LogP contribution in [-0.4, -0.2) is 16.5 Å². The number of rotatable bonds is 4. The van der Waals surface area contributed by atoms with E-state index in [9.17, 15) is 0 Å². The van der Waals surface area contributed by atoms with Gasteiger partial charge in [-0.3, -0.25) is 0 Å². The second-order valence-electron chi connectivity index (χ2n) is 6.02. The maximum Gasteiger partial charge on any atom is 0.227 e. The van der Waals surface area contributed by atoms with Crippen molar-refractivity contribution in [3.8, 4) is 0 Å². The molecule has 0 amide bonds. The van der Waals surface area contributed by atoms with Crippen LogP contribution in [0.25, 0.3) is 0 Å². The topological polar surface area (TPSA) is 41.1 Å². The van der Waals surface area contributed by atoms with E-state index in [0.717, 1.165) is 37.8 Å². The summed E-state index contributed by atoms with van der Waals surface area (Å²) in [7, 11) is 0. The first-order valence-electron chi connectivity index (χ1n) is 8.31. The third-order valence-electron chi connectivity index (χ3n) is 4.37. The highest BCUT2D eigenvalue weighted by Gasteiger charge is 2.18. The molecule has 0 saturated heterocycles. The molecule has 24 heavy (non-hydrogen) atoms. The molecule has 1 N–H and O–H groups in total. The Morgan fingerprint density at radius 1 is 0.917 bits per heavy atom. The smallest absolute Gasteiger partial charge is 0.227 e. The Balaban J connectivity index is 1.47. The van der Waals surface area contributed by atoms with Crippen LogP contribution in [0.15, 0.2) is 66.9 Å². The highest BCUT2D eigenvalue weighted by Crippen LogP contribution is 2.22. The number of aromatic nitrogens is 2. The van der Waals surface area contributed by atoms with Crippen LogP contribution < -0.4 is 10.2 Å². The van der Waals surface area contributed by atoms with Crippen LogP contribution in [-0.2, 0) is 19.5 Å². The molecule has 0 radical (unpaired) electrons. The van der Waals surface area contributed by atoms with E-state index in [4.69, 9.17) is 0 Å². The predicted molar refractivity (Wildman–Crippen MR) is 97.0 cm³/mol. The molecule has 4 nitrogen and oxygen atoms in total. The summed E-state index contributed by atoms with van der Waals surface area (Å²) in [6, 6.07) is 20.9. The van der Waals surface area contributed by atoms with Crippen LogP contribution in [0, 0.1) is 0 Å². The molecule has 1 aliphatic rings. The summed E-state index contributed by atoms with van der Waals surface area (Å²) >= 11 is 0. The van der Waals surface area contributed by atoms with Crippen molar-refractivity contribution in [1.29, 1.82) is 0 Å². The van der Waals surface area contributed by atoms with Gasteiger partial charge in [0.05, 0.1) is 0 Å². The van der Waals surface area contributed by atoms with Crippen LogP contribution in [0.4, 0.5) is 11.8 Å². The van der Waals surface area contributed by atoms with Gasteiger partial charge in [-0.05, 0) is 29.2 Å². The van der Waals surface area contributed by atoms with Crippen LogP contribution >= 0.6 is 0 Å². The van der Waals surface area contributed by atoms with Gasteiger partial charge in [0.2, 0.25) is 5.95 Å². The van der Waals surface area contributed by atoms with Crippen molar-refractivity contribution in [3.05, 3.63) is 83.6 Å². The normalized spacial score (nSPS) is 13.4. The number of hydrogen-bond donors (Lipinski definition) is 1. The highest BCUT2D eigenvalue weighted by molar-refractivity contribution is 5.45. The van der Waals surface area contributed by atoms with Crippen molar-refractivity contribution >= 4 is 11.8 Å². The Labute approximate surface area is 142 Å². The van der Waals surface area contributed by atoms with E-state index in [1.807, 2.05) is 30.5 Å². The molecule has 0 aliphatic carbocycles. The van der Waals surface area contributed by atoms with E-state index < -0.39 is 0 Å². The molecule has 0 unspecified atom stereocenters. The van der Waals surface area contributed by atoms with Gasteiger partial charge in [-0.15, -0.1) is 0 Å². The number of hydrogen-bond acceptors (Lipinski definition) is 4. The quantitative estimate of drug-likeness (QED) is 0.797. The molecule has 4 rings (SSSR count). The fourth-order valence-electron chi connectivity index (χ4n) is 3.05. The van der Waals surface area contributed by atoms with E-state index in [0.29, 0.717) is 0 Å². The van der Waals surface area contributed by atoms with Gasteiger partial charge in [0.15, 0.2) is 0 Å². The third-order valence-corrected chi connectivity index (χ3v) is 4.37. The molecule has 3 aromatic rings. The summed E-state index contributed by atoms with van der Waals surface area (Å²) in [6.07, 6.45) is 2.87. The van der Waals surface area contributed by atoms with Crippen LogP contribution in [0.5, 0.6) is 0 Å². The molecular formula is C20H20N4. The first-order valence-corrected chi connectivity index (χ1v) is 8.31. The number of anilines is 2. The zero-order valence-corrected chi connectivity index (χ0v) is 13.5. The fourth-order valence-corrected chi connectivity index (χ4v) is 3.05. The molecule has 120 valence electrons. The summed E-state index contributed by atoms with van der Waals surface area (Å²) in [5.74, 6) is 1.66. The second kappa shape index (κ2) is 6.71. The molecule has 1 aliphatic heterocycles. The average molecular weight is 316 g/mol. The second-order valence-corrected chi connectivity index (χ2v) is 6.02. The summed E-state index contributed by atoms with van der Waals surface area (Å²) in [4.78, 5) is 11.4. The number of benzene rings is 2. The largest absolute Gasteiger partial charge is 0.366 e. The lowest BCUT2D eigenvalue weighted by Gasteiger charge is -2.28. The predicted octanol–water partition coefficient (Wildman–Crippen LogP) is 3.65. The zero-order valence-electron chi connectivity index (χ0n) is 13.5. The van der Waals surface area contributed by atoms with Crippen molar-refractivity contribution in [2.45, 2.75) is 19.5 Å². The van der Waals surface area contributed by atoms with E-state index in [-0.39, 0.29) is 0 Å². The maximum atomic E-state index is 4.69. The Kier molecular flexibility index (Phi) is 4.11. The van der Waals surface area contributed by atoms with Crippen LogP contribution in [0.3, 0.4) is 0 Å². The monoisotopic (exact) mass is 316 g/mol. The lowest BCUT2D eigenvalue weighted by molar-refractivity contribution is 0.708. The zero-order chi connectivity index (χ0) is 16.2. The minimum Gasteiger partial charge on any atom is -0.366 e. The minimum absolute atomic E-state index is 0.764. The molecule has 2 aromatic carbocycles. The van der Waals surface area contributed by atoms with E-state index in [1.165, 1.54) is 16.7 Å². The van der Waals surface area contributed by atoms with Gasteiger partial charge in [0.25, 0.3) is 0 Å². The first kappa shape index (κ1) is 14.7. The molecule has 0 saturated carbocycles. The number of fused-ring (bicyclic) bond motifs is 1. The lowest BCUT2D eigenvalue weighted by Crippen LogP contribution is -2.31. The molecule has 2 heterocycles. The Morgan fingerprint density at radius 2 is 1.71 bits per heavy atom. The SMILES string of the molecule is c1ccc(CNc2ccnc(N3CCc4ccccc4C3)n2)cc1. The van der Waals surface area contributed by atoms with Gasteiger partial charge in [-0.25, -0.2) is 4.98 Å². The van der Waals surface area contributed by atoms with E-state index >= 15 is 0 Å². The summed E-state index contributed by atoms with van der Waals surface area (Å²) in [5, 5.41) is 3.38. The molecule has 0 bridgehead atoms. The lowest BCUT2D eigenvalue weighted by atomic mass is 10.0. The van der Waals surface area contributed by atoms with Gasteiger partial charge >= 0.3 is 0 Å². The highest BCUT2D eigenvalue weighted by atomic mass is 15.3. The van der Waals surface area contributed by atoms with Crippen molar-refractivity contribution in [1.82, 2.24) is 9.97 Å². The maximum absolute atomic E-state index is 4.69. The summed E-state index contributed by atoms with van der Waals surface area (Å²) in [5.41, 5.74) is 4.05. The Hall–Kier alpha value is -2.88. The van der Waals surface area contributed by atoms with Crippen molar-refractivity contribution < 1.29 is 0 Å². The molecule has 0 spiro atoms. The van der Waals surface area contributed by atoms with E-state index in [1.54, 1.807) is 0 Å². The molecular weight excluding hydrogens is 296 g/mol. The molecule has 1 aromatic heterocycles.